The Morgan fingerprint density at radius 1 is 1.44 bits per heavy atom. The summed E-state index contributed by atoms with van der Waals surface area (Å²) in [5, 5.41) is 2.73. The molecule has 1 N–H and O–H groups in total. The van der Waals surface area contributed by atoms with E-state index in [4.69, 9.17) is 0 Å². The molecule has 2 heterocycles. The summed E-state index contributed by atoms with van der Waals surface area (Å²) in [6, 6.07) is 1.39. The predicted molar refractivity (Wildman–Crippen MR) is 66.8 cm³/mol. The summed E-state index contributed by atoms with van der Waals surface area (Å²) in [6.45, 7) is 3.90. The zero-order valence-electron chi connectivity index (χ0n) is 10.4. The summed E-state index contributed by atoms with van der Waals surface area (Å²) in [6.07, 6.45) is 5.92. The van der Waals surface area contributed by atoms with Crippen molar-refractivity contribution in [1.82, 2.24) is 15.2 Å². The molecule has 0 aliphatic carbocycles. The van der Waals surface area contributed by atoms with Crippen LogP contribution in [-0.2, 0) is 0 Å². The molecule has 98 valence electrons. The molecule has 4 nitrogen and oxygen atoms in total. The van der Waals surface area contributed by atoms with Crippen LogP contribution in [0.25, 0.3) is 0 Å². The Labute approximate surface area is 106 Å². The number of nitrogens with zero attached hydrogens (tertiary/aromatic N) is 2. The number of pyridine rings is 1. The van der Waals surface area contributed by atoms with Crippen molar-refractivity contribution in [3.63, 3.8) is 0 Å². The van der Waals surface area contributed by atoms with Gasteiger partial charge in [-0.25, -0.2) is 4.39 Å². The lowest BCUT2D eigenvalue weighted by Crippen LogP contribution is -2.29. The molecule has 0 spiro atoms. The highest BCUT2D eigenvalue weighted by Gasteiger charge is 2.12. The number of hydrogen-bond donors (Lipinski definition) is 1. The molecule has 18 heavy (non-hydrogen) atoms. The Bertz CT molecular complexity index is 405. The maximum atomic E-state index is 13.3. The third-order valence-corrected chi connectivity index (χ3v) is 3.15. The minimum Gasteiger partial charge on any atom is -0.352 e. The lowest BCUT2D eigenvalue weighted by molar-refractivity contribution is 0.0948. The van der Waals surface area contributed by atoms with Crippen molar-refractivity contribution in [2.75, 3.05) is 26.2 Å². The number of halogens is 1. The Balaban J connectivity index is 1.70. The van der Waals surface area contributed by atoms with Crippen LogP contribution in [0.3, 0.4) is 0 Å². The van der Waals surface area contributed by atoms with E-state index < -0.39 is 5.82 Å². The van der Waals surface area contributed by atoms with Crippen molar-refractivity contribution >= 4 is 5.91 Å². The zero-order chi connectivity index (χ0) is 12.8. The van der Waals surface area contributed by atoms with Gasteiger partial charge in [-0.3, -0.25) is 9.78 Å². The summed E-state index contributed by atoms with van der Waals surface area (Å²) in [5.41, 5.74) is 0.0613. The van der Waals surface area contributed by atoms with Crippen LogP contribution in [0.2, 0.25) is 0 Å². The van der Waals surface area contributed by atoms with Gasteiger partial charge in [0, 0.05) is 12.7 Å². The molecule has 1 aliphatic rings. The maximum absolute atomic E-state index is 13.3. The maximum Gasteiger partial charge on any atom is 0.254 e. The van der Waals surface area contributed by atoms with E-state index in [1.165, 1.54) is 25.1 Å². The van der Waals surface area contributed by atoms with Crippen LogP contribution in [0.5, 0.6) is 0 Å². The highest BCUT2D eigenvalue weighted by molar-refractivity contribution is 5.94. The largest absolute Gasteiger partial charge is 0.352 e. The Morgan fingerprint density at radius 2 is 2.22 bits per heavy atom. The molecular weight excluding hydrogens is 233 g/mol. The van der Waals surface area contributed by atoms with E-state index in [-0.39, 0.29) is 11.5 Å². The first kappa shape index (κ1) is 13.0. The van der Waals surface area contributed by atoms with Crippen molar-refractivity contribution in [3.05, 3.63) is 29.8 Å². The van der Waals surface area contributed by atoms with Gasteiger partial charge >= 0.3 is 0 Å². The van der Waals surface area contributed by atoms with Crippen LogP contribution >= 0.6 is 0 Å². The smallest absolute Gasteiger partial charge is 0.254 e. The van der Waals surface area contributed by atoms with Gasteiger partial charge in [0.1, 0.15) is 0 Å². The van der Waals surface area contributed by atoms with E-state index in [1.54, 1.807) is 0 Å². The normalized spacial score (nSPS) is 15.8. The second kappa shape index (κ2) is 6.44. The van der Waals surface area contributed by atoms with Crippen molar-refractivity contribution in [2.24, 2.45) is 0 Å². The minimum absolute atomic E-state index is 0.0613. The lowest BCUT2D eigenvalue weighted by atomic mass is 10.2. The van der Waals surface area contributed by atoms with Crippen molar-refractivity contribution in [1.29, 1.82) is 0 Å². The fraction of sp³-hybridized carbons (Fsp3) is 0.538. The number of carbonyl (C=O) groups excluding carboxylic acids is 1. The second-order valence-corrected chi connectivity index (χ2v) is 4.51. The first-order valence-corrected chi connectivity index (χ1v) is 6.37. The van der Waals surface area contributed by atoms with Gasteiger partial charge in [-0.1, -0.05) is 0 Å². The molecule has 0 aromatic carbocycles. The van der Waals surface area contributed by atoms with E-state index >= 15 is 0 Å². The molecule has 0 saturated carbocycles. The van der Waals surface area contributed by atoms with Gasteiger partial charge in [0.25, 0.3) is 5.91 Å². The summed E-state index contributed by atoms with van der Waals surface area (Å²) in [7, 11) is 0. The first-order valence-electron chi connectivity index (χ1n) is 6.37. The molecule has 1 fully saturated rings. The standard InChI is InChI=1S/C13H18FN3O/c14-12-10-15-6-4-11(12)13(18)16-5-3-9-17-7-1-2-8-17/h4,6,10H,1-3,5,7-9H2,(H,16,18). The van der Waals surface area contributed by atoms with Gasteiger partial charge in [0.15, 0.2) is 5.82 Å². The molecule has 1 aromatic rings. The number of amides is 1. The van der Waals surface area contributed by atoms with Gasteiger partial charge in [-0.15, -0.1) is 0 Å². The molecule has 5 heteroatoms. The predicted octanol–water partition coefficient (Wildman–Crippen LogP) is 1.44. The second-order valence-electron chi connectivity index (χ2n) is 4.51. The van der Waals surface area contributed by atoms with Crippen molar-refractivity contribution in [3.8, 4) is 0 Å². The number of nitrogens with one attached hydrogen (secondary N) is 1. The lowest BCUT2D eigenvalue weighted by Gasteiger charge is -2.14. The van der Waals surface area contributed by atoms with E-state index in [1.807, 2.05) is 0 Å². The van der Waals surface area contributed by atoms with Gasteiger partial charge in [-0.2, -0.15) is 0 Å². The number of likely N-dealkylation sites (tertiary alicyclic amines) is 1. The Kier molecular flexibility index (Phi) is 4.64. The fourth-order valence-electron chi connectivity index (χ4n) is 2.17. The van der Waals surface area contributed by atoms with Crippen molar-refractivity contribution < 1.29 is 9.18 Å². The van der Waals surface area contributed by atoms with Gasteiger partial charge in [0.05, 0.1) is 11.8 Å². The Morgan fingerprint density at radius 3 is 2.94 bits per heavy atom. The Hall–Kier alpha value is -1.49. The molecule has 2 rings (SSSR count). The molecule has 1 amide bonds. The number of hydrogen-bond acceptors (Lipinski definition) is 3. The summed E-state index contributed by atoms with van der Waals surface area (Å²) in [4.78, 5) is 17.7. The average Bonchev–Trinajstić information content (AvgIpc) is 2.88. The molecule has 0 radical (unpaired) electrons. The summed E-state index contributed by atoms with van der Waals surface area (Å²) >= 11 is 0. The number of rotatable bonds is 5. The zero-order valence-corrected chi connectivity index (χ0v) is 10.4. The van der Waals surface area contributed by atoms with Crippen LogP contribution in [0, 0.1) is 5.82 Å². The van der Waals surface area contributed by atoms with E-state index in [0.29, 0.717) is 6.54 Å². The topological polar surface area (TPSA) is 45.2 Å². The molecule has 0 unspecified atom stereocenters. The SMILES string of the molecule is O=C(NCCCN1CCCC1)c1ccncc1F. The average molecular weight is 251 g/mol. The van der Waals surface area contributed by atoms with Crippen LogP contribution in [0.4, 0.5) is 4.39 Å². The van der Waals surface area contributed by atoms with Crippen LogP contribution in [0.1, 0.15) is 29.6 Å². The molecule has 1 aliphatic heterocycles. The van der Waals surface area contributed by atoms with E-state index in [9.17, 15) is 9.18 Å². The molecular formula is C13H18FN3O. The minimum atomic E-state index is -0.574. The van der Waals surface area contributed by atoms with Gasteiger partial charge in [-0.05, 0) is 45.0 Å². The van der Waals surface area contributed by atoms with E-state index in [0.717, 1.165) is 32.3 Å². The molecule has 1 aromatic heterocycles. The molecule has 1 saturated heterocycles. The van der Waals surface area contributed by atoms with E-state index in [2.05, 4.69) is 15.2 Å². The molecule has 0 atom stereocenters. The highest BCUT2D eigenvalue weighted by atomic mass is 19.1. The third kappa shape index (κ3) is 3.50. The number of aromatic nitrogens is 1. The molecule has 0 bridgehead atoms. The van der Waals surface area contributed by atoms with Crippen molar-refractivity contribution in [2.45, 2.75) is 19.3 Å². The quantitative estimate of drug-likeness (QED) is 0.805. The highest BCUT2D eigenvalue weighted by Crippen LogP contribution is 2.07. The van der Waals surface area contributed by atoms with Gasteiger partial charge in [0.2, 0.25) is 0 Å². The van der Waals surface area contributed by atoms with Gasteiger partial charge < -0.3 is 10.2 Å². The number of carbonyl (C=O) groups is 1. The fourth-order valence-corrected chi connectivity index (χ4v) is 2.17. The monoisotopic (exact) mass is 251 g/mol. The first-order chi connectivity index (χ1) is 8.77. The van der Waals surface area contributed by atoms with Crippen LogP contribution in [0.15, 0.2) is 18.5 Å². The van der Waals surface area contributed by atoms with Crippen LogP contribution < -0.4 is 5.32 Å². The summed E-state index contributed by atoms with van der Waals surface area (Å²) in [5.74, 6) is -0.939. The summed E-state index contributed by atoms with van der Waals surface area (Å²) < 4.78 is 13.3. The van der Waals surface area contributed by atoms with Crippen LogP contribution in [-0.4, -0.2) is 42.0 Å². The third-order valence-electron chi connectivity index (χ3n) is 3.15.